The number of aliphatic carboxylic acids is 1. The zero-order chi connectivity index (χ0) is 24.6. The quantitative estimate of drug-likeness (QED) is 0.506. The summed E-state index contributed by atoms with van der Waals surface area (Å²) in [5.74, 6) is -4.22. The van der Waals surface area contributed by atoms with Crippen LogP contribution in [0.4, 0.5) is 13.2 Å². The Morgan fingerprint density at radius 1 is 1.15 bits per heavy atom. The predicted molar refractivity (Wildman–Crippen MR) is 120 cm³/mol. The van der Waals surface area contributed by atoms with E-state index in [0.717, 1.165) is 22.7 Å². The molecule has 9 heteroatoms. The summed E-state index contributed by atoms with van der Waals surface area (Å²) in [6.07, 6.45) is 3.25. The molecule has 1 aliphatic heterocycles. The lowest BCUT2D eigenvalue weighted by molar-refractivity contribution is -0.147. The van der Waals surface area contributed by atoms with Crippen LogP contribution in [0.15, 0.2) is 30.5 Å². The van der Waals surface area contributed by atoms with E-state index in [1.54, 1.807) is 35.6 Å². The van der Waals surface area contributed by atoms with Gasteiger partial charge in [0.2, 0.25) is 5.91 Å². The van der Waals surface area contributed by atoms with Crippen molar-refractivity contribution >= 4 is 22.9 Å². The maximum atomic E-state index is 14.4. The molecule has 1 amide bonds. The van der Waals surface area contributed by atoms with Gasteiger partial charge in [-0.05, 0) is 56.9 Å². The molecule has 180 valence electrons. The Labute approximate surface area is 195 Å². The number of rotatable bonds is 7. The summed E-state index contributed by atoms with van der Waals surface area (Å²) < 4.78 is 43.4. The minimum Gasteiger partial charge on any atom is -0.481 e. The van der Waals surface area contributed by atoms with Gasteiger partial charge in [-0.2, -0.15) is 0 Å². The summed E-state index contributed by atoms with van der Waals surface area (Å²) in [5.41, 5.74) is 1.46. The number of nitrogens with zero attached hydrogens (tertiary/aromatic N) is 3. The third kappa shape index (κ3) is 4.51. The maximum absolute atomic E-state index is 14.4. The van der Waals surface area contributed by atoms with E-state index in [-0.39, 0.29) is 31.0 Å². The molecular formula is C25H26F3N3O3. The molecule has 1 aromatic carbocycles. The number of benzene rings is 1. The molecule has 0 radical (unpaired) electrons. The van der Waals surface area contributed by atoms with E-state index in [0.29, 0.717) is 37.5 Å². The van der Waals surface area contributed by atoms with Crippen molar-refractivity contribution in [2.75, 3.05) is 6.54 Å². The fourth-order valence-electron chi connectivity index (χ4n) is 4.45. The molecule has 3 heterocycles. The molecule has 2 aromatic heterocycles. The maximum Gasteiger partial charge on any atom is 0.309 e. The first-order chi connectivity index (χ1) is 16.1. The van der Waals surface area contributed by atoms with Crippen molar-refractivity contribution in [2.24, 2.45) is 5.41 Å². The van der Waals surface area contributed by atoms with Crippen LogP contribution in [0.1, 0.15) is 49.9 Å². The molecule has 0 unspecified atom stereocenters. The topological polar surface area (TPSA) is 75.4 Å². The van der Waals surface area contributed by atoms with Crippen molar-refractivity contribution in [3.05, 3.63) is 64.7 Å². The summed E-state index contributed by atoms with van der Waals surface area (Å²) in [6, 6.07) is 5.09. The second kappa shape index (κ2) is 9.12. The first-order valence-electron chi connectivity index (χ1n) is 11.2. The second-order valence-corrected chi connectivity index (χ2v) is 9.35. The molecule has 4 rings (SSSR count). The standard InChI is InChI=1S/C25H26F3N3O3/c1-25(2,24(33)34)8-3-6-22(32)30-10-7-16-17-5-4-9-29-23(17)31(21(16)14-30)13-15-11-19(27)20(28)12-18(15)26/h4-5,9,11-12H,3,6-8,10,13-14H2,1-2H3,(H,33,34). The van der Waals surface area contributed by atoms with Crippen LogP contribution in [-0.2, 0) is 29.1 Å². The minimum absolute atomic E-state index is 0.0106. The average Bonchev–Trinajstić information content (AvgIpc) is 3.10. The molecule has 0 saturated heterocycles. The van der Waals surface area contributed by atoms with E-state index in [4.69, 9.17) is 0 Å². The van der Waals surface area contributed by atoms with Crippen LogP contribution < -0.4 is 0 Å². The van der Waals surface area contributed by atoms with E-state index in [1.807, 2.05) is 6.07 Å². The van der Waals surface area contributed by atoms with Crippen molar-refractivity contribution in [3.63, 3.8) is 0 Å². The number of carbonyl (C=O) groups excluding carboxylic acids is 1. The Balaban J connectivity index is 1.59. The summed E-state index contributed by atoms with van der Waals surface area (Å²) in [6.45, 7) is 3.99. The minimum atomic E-state index is -1.25. The Morgan fingerprint density at radius 3 is 2.62 bits per heavy atom. The molecule has 0 spiro atoms. The lowest BCUT2D eigenvalue weighted by atomic mass is 9.87. The third-order valence-electron chi connectivity index (χ3n) is 6.56. The summed E-state index contributed by atoms with van der Waals surface area (Å²) >= 11 is 0. The number of fused-ring (bicyclic) bond motifs is 3. The van der Waals surface area contributed by atoms with Gasteiger partial charge in [0.25, 0.3) is 0 Å². The molecule has 1 aliphatic rings. The van der Waals surface area contributed by atoms with Crippen LogP contribution in [0.3, 0.4) is 0 Å². The number of hydrogen-bond donors (Lipinski definition) is 1. The number of halogens is 3. The highest BCUT2D eigenvalue weighted by molar-refractivity contribution is 5.84. The first kappa shape index (κ1) is 23.8. The molecule has 0 bridgehead atoms. The summed E-state index contributed by atoms with van der Waals surface area (Å²) in [7, 11) is 0. The Hall–Kier alpha value is -3.36. The normalized spacial score (nSPS) is 13.9. The van der Waals surface area contributed by atoms with Crippen molar-refractivity contribution in [2.45, 2.75) is 52.6 Å². The number of hydrogen-bond acceptors (Lipinski definition) is 3. The number of amides is 1. The molecule has 6 nitrogen and oxygen atoms in total. The predicted octanol–water partition coefficient (Wildman–Crippen LogP) is 4.67. The monoisotopic (exact) mass is 473 g/mol. The van der Waals surface area contributed by atoms with Gasteiger partial charge in [0.15, 0.2) is 11.6 Å². The number of aromatic nitrogens is 2. The van der Waals surface area contributed by atoms with Crippen LogP contribution >= 0.6 is 0 Å². The van der Waals surface area contributed by atoms with Crippen molar-refractivity contribution in [1.29, 1.82) is 0 Å². The van der Waals surface area contributed by atoms with E-state index in [9.17, 15) is 27.9 Å². The summed E-state index contributed by atoms with van der Waals surface area (Å²) in [4.78, 5) is 30.3. The highest BCUT2D eigenvalue weighted by Gasteiger charge is 2.29. The van der Waals surface area contributed by atoms with Crippen molar-refractivity contribution in [1.82, 2.24) is 14.5 Å². The second-order valence-electron chi connectivity index (χ2n) is 9.35. The number of carboxylic acid groups (broad SMARTS) is 1. The highest BCUT2D eigenvalue weighted by Crippen LogP contribution is 2.32. The van der Waals surface area contributed by atoms with Gasteiger partial charge in [-0.25, -0.2) is 18.2 Å². The van der Waals surface area contributed by atoms with Crippen molar-refractivity contribution < 1.29 is 27.9 Å². The molecule has 0 saturated carbocycles. The van der Waals surface area contributed by atoms with Gasteiger partial charge in [-0.3, -0.25) is 9.59 Å². The van der Waals surface area contributed by atoms with Gasteiger partial charge in [-0.1, -0.05) is 0 Å². The average molecular weight is 473 g/mol. The zero-order valence-electron chi connectivity index (χ0n) is 19.1. The lowest BCUT2D eigenvalue weighted by Gasteiger charge is -2.29. The Morgan fingerprint density at radius 2 is 1.88 bits per heavy atom. The largest absolute Gasteiger partial charge is 0.481 e. The molecule has 3 aromatic rings. The van der Waals surface area contributed by atoms with E-state index < -0.39 is 28.8 Å². The Kier molecular flexibility index (Phi) is 6.38. The summed E-state index contributed by atoms with van der Waals surface area (Å²) in [5, 5.41) is 10.1. The fourth-order valence-corrected chi connectivity index (χ4v) is 4.45. The lowest BCUT2D eigenvalue weighted by Crippen LogP contribution is -2.36. The zero-order valence-corrected chi connectivity index (χ0v) is 19.1. The molecule has 34 heavy (non-hydrogen) atoms. The van der Waals surface area contributed by atoms with Gasteiger partial charge >= 0.3 is 5.97 Å². The van der Waals surface area contributed by atoms with Gasteiger partial charge in [0.05, 0.1) is 18.5 Å². The molecule has 0 atom stereocenters. The number of carbonyl (C=O) groups is 2. The number of pyridine rings is 1. The first-order valence-corrected chi connectivity index (χ1v) is 11.2. The smallest absolute Gasteiger partial charge is 0.309 e. The van der Waals surface area contributed by atoms with Crippen LogP contribution in [-0.4, -0.2) is 38.0 Å². The molecule has 1 N–H and O–H groups in total. The number of carboxylic acids is 1. The third-order valence-corrected chi connectivity index (χ3v) is 6.56. The van der Waals surface area contributed by atoms with Crippen LogP contribution in [0, 0.1) is 22.9 Å². The van der Waals surface area contributed by atoms with Crippen LogP contribution in [0.25, 0.3) is 11.0 Å². The van der Waals surface area contributed by atoms with Gasteiger partial charge in [-0.15, -0.1) is 0 Å². The Bertz CT molecular complexity index is 1270. The SMILES string of the molecule is CC(C)(CCCC(=O)N1CCc2c(n(Cc3cc(F)c(F)cc3F)c3ncccc23)C1)C(=O)O. The molecule has 0 fully saturated rings. The fraction of sp³-hybridized carbons (Fsp3) is 0.400. The molecular weight excluding hydrogens is 447 g/mol. The van der Waals surface area contributed by atoms with Gasteiger partial charge < -0.3 is 14.6 Å². The van der Waals surface area contributed by atoms with Crippen LogP contribution in [0.2, 0.25) is 0 Å². The van der Waals surface area contributed by atoms with E-state index >= 15 is 0 Å². The van der Waals surface area contributed by atoms with Gasteiger partial charge in [0.1, 0.15) is 11.5 Å². The van der Waals surface area contributed by atoms with E-state index in [1.165, 1.54) is 0 Å². The van der Waals surface area contributed by atoms with Crippen molar-refractivity contribution in [3.8, 4) is 0 Å². The van der Waals surface area contributed by atoms with E-state index in [2.05, 4.69) is 4.98 Å². The van der Waals surface area contributed by atoms with Gasteiger partial charge in [0, 0.05) is 41.9 Å². The highest BCUT2D eigenvalue weighted by atomic mass is 19.2. The molecule has 0 aliphatic carbocycles. The van der Waals surface area contributed by atoms with Crippen LogP contribution in [0.5, 0.6) is 0 Å².